The maximum atomic E-state index is 12.0. The number of nitrogens with zero attached hydrogens (tertiary/aromatic N) is 3. The highest BCUT2D eigenvalue weighted by atomic mass is 16.2. The van der Waals surface area contributed by atoms with E-state index in [9.17, 15) is 4.79 Å². The van der Waals surface area contributed by atoms with Crippen LogP contribution in [0.4, 0.5) is 0 Å². The van der Waals surface area contributed by atoms with Crippen molar-refractivity contribution in [1.29, 1.82) is 0 Å². The second-order valence-electron chi connectivity index (χ2n) is 5.48. The monoisotopic (exact) mass is 264 g/mol. The van der Waals surface area contributed by atoms with Crippen molar-refractivity contribution in [3.8, 4) is 0 Å². The summed E-state index contributed by atoms with van der Waals surface area (Å²) in [6, 6.07) is 0.0174. The van der Waals surface area contributed by atoms with Gasteiger partial charge in [0.2, 0.25) is 5.91 Å². The second-order valence-corrected chi connectivity index (χ2v) is 5.48. The molecule has 1 unspecified atom stereocenters. The van der Waals surface area contributed by atoms with E-state index in [0.29, 0.717) is 6.54 Å². The number of aromatic nitrogens is 2. The molecule has 1 aliphatic rings. The van der Waals surface area contributed by atoms with E-state index in [1.165, 1.54) is 12.8 Å². The first kappa shape index (κ1) is 14.1. The normalized spacial score (nSPS) is 17.7. The molecule has 1 atom stereocenters. The molecule has 106 valence electrons. The Kier molecular flexibility index (Phi) is 4.24. The Labute approximate surface area is 115 Å². The number of nitrogens with one attached hydrogen (secondary N) is 1. The molecule has 1 N–H and O–H groups in total. The van der Waals surface area contributed by atoms with Crippen LogP contribution in [0.1, 0.15) is 42.8 Å². The fourth-order valence-electron chi connectivity index (χ4n) is 2.92. The van der Waals surface area contributed by atoms with Gasteiger partial charge in [0.25, 0.3) is 0 Å². The van der Waals surface area contributed by atoms with E-state index < -0.39 is 0 Å². The number of aryl methyl sites for hydroxylation is 2. The standard InChI is InChI=1S/C14H24N4O/c1-10(14-11(2)16-17(4)12(14)3)15-13(19)9-18-7-5-6-8-18/h10H,5-9H2,1-4H3,(H,15,19). The zero-order valence-electron chi connectivity index (χ0n) is 12.4. The lowest BCUT2D eigenvalue weighted by molar-refractivity contribution is -0.122. The van der Waals surface area contributed by atoms with E-state index in [2.05, 4.69) is 15.3 Å². The van der Waals surface area contributed by atoms with Crippen molar-refractivity contribution in [1.82, 2.24) is 20.0 Å². The summed E-state index contributed by atoms with van der Waals surface area (Å²) in [4.78, 5) is 14.2. The van der Waals surface area contributed by atoms with Crippen LogP contribution in [0, 0.1) is 13.8 Å². The van der Waals surface area contributed by atoms with Gasteiger partial charge in [-0.1, -0.05) is 0 Å². The zero-order valence-corrected chi connectivity index (χ0v) is 12.4. The molecule has 1 fully saturated rings. The number of carbonyl (C=O) groups excluding carboxylic acids is 1. The van der Waals surface area contributed by atoms with Crippen molar-refractivity contribution in [2.75, 3.05) is 19.6 Å². The lowest BCUT2D eigenvalue weighted by atomic mass is 10.1. The summed E-state index contributed by atoms with van der Waals surface area (Å²) < 4.78 is 1.87. The van der Waals surface area contributed by atoms with Crippen LogP contribution in [0.25, 0.3) is 0 Å². The molecule has 2 heterocycles. The summed E-state index contributed by atoms with van der Waals surface area (Å²) in [7, 11) is 1.94. The SMILES string of the molecule is Cc1nn(C)c(C)c1C(C)NC(=O)CN1CCCC1. The molecule has 0 bridgehead atoms. The molecule has 1 amide bonds. The van der Waals surface area contributed by atoms with Gasteiger partial charge in [-0.05, 0) is 46.7 Å². The molecule has 5 nitrogen and oxygen atoms in total. The minimum Gasteiger partial charge on any atom is -0.348 e. The van der Waals surface area contributed by atoms with Crippen LogP contribution in [-0.2, 0) is 11.8 Å². The van der Waals surface area contributed by atoms with Crippen molar-refractivity contribution in [2.45, 2.75) is 39.7 Å². The third kappa shape index (κ3) is 3.15. The van der Waals surface area contributed by atoms with E-state index in [1.54, 1.807) is 0 Å². The first-order chi connectivity index (χ1) is 8.99. The minimum absolute atomic E-state index is 0.0174. The van der Waals surface area contributed by atoms with Crippen molar-refractivity contribution < 1.29 is 4.79 Å². The molecular weight excluding hydrogens is 240 g/mol. The number of hydrogen-bond donors (Lipinski definition) is 1. The van der Waals surface area contributed by atoms with Gasteiger partial charge in [0.1, 0.15) is 0 Å². The first-order valence-corrected chi connectivity index (χ1v) is 7.01. The van der Waals surface area contributed by atoms with Crippen molar-refractivity contribution >= 4 is 5.91 Å². The summed E-state index contributed by atoms with van der Waals surface area (Å²) in [5, 5.41) is 7.48. The van der Waals surface area contributed by atoms with E-state index in [4.69, 9.17) is 0 Å². The quantitative estimate of drug-likeness (QED) is 0.892. The molecule has 0 spiro atoms. The molecule has 1 saturated heterocycles. The fraction of sp³-hybridized carbons (Fsp3) is 0.714. The Hall–Kier alpha value is -1.36. The van der Waals surface area contributed by atoms with Crippen LogP contribution in [0.15, 0.2) is 0 Å². The molecule has 0 aliphatic carbocycles. The van der Waals surface area contributed by atoms with Gasteiger partial charge < -0.3 is 5.32 Å². The number of rotatable bonds is 4. The van der Waals surface area contributed by atoms with Gasteiger partial charge in [0.15, 0.2) is 0 Å². The highest BCUT2D eigenvalue weighted by molar-refractivity contribution is 5.78. The molecule has 0 aromatic carbocycles. The Balaban J connectivity index is 1.96. The Morgan fingerprint density at radius 2 is 2.00 bits per heavy atom. The number of hydrogen-bond acceptors (Lipinski definition) is 3. The van der Waals surface area contributed by atoms with Crippen LogP contribution in [0.5, 0.6) is 0 Å². The van der Waals surface area contributed by atoms with E-state index in [1.807, 2.05) is 32.5 Å². The number of likely N-dealkylation sites (tertiary alicyclic amines) is 1. The van der Waals surface area contributed by atoms with Gasteiger partial charge in [0, 0.05) is 18.3 Å². The van der Waals surface area contributed by atoms with Crippen LogP contribution >= 0.6 is 0 Å². The molecule has 0 saturated carbocycles. The summed E-state index contributed by atoms with van der Waals surface area (Å²) in [6.07, 6.45) is 2.42. The largest absolute Gasteiger partial charge is 0.348 e. The Bertz CT molecular complexity index is 460. The highest BCUT2D eigenvalue weighted by Gasteiger charge is 2.20. The van der Waals surface area contributed by atoms with Gasteiger partial charge in [-0.2, -0.15) is 5.10 Å². The number of carbonyl (C=O) groups is 1. The van der Waals surface area contributed by atoms with Crippen molar-refractivity contribution in [2.24, 2.45) is 7.05 Å². The van der Waals surface area contributed by atoms with Gasteiger partial charge in [-0.3, -0.25) is 14.4 Å². The fourth-order valence-corrected chi connectivity index (χ4v) is 2.92. The molecular formula is C14H24N4O. The maximum Gasteiger partial charge on any atom is 0.234 e. The molecule has 1 aromatic rings. The molecule has 5 heteroatoms. The summed E-state index contributed by atoms with van der Waals surface area (Å²) in [5.41, 5.74) is 3.25. The average molecular weight is 264 g/mol. The molecule has 0 radical (unpaired) electrons. The summed E-state index contributed by atoms with van der Waals surface area (Å²) in [6.45, 7) is 8.67. The van der Waals surface area contributed by atoms with E-state index in [-0.39, 0.29) is 11.9 Å². The Morgan fingerprint density at radius 3 is 2.53 bits per heavy atom. The zero-order chi connectivity index (χ0) is 14.0. The average Bonchev–Trinajstić information content (AvgIpc) is 2.88. The highest BCUT2D eigenvalue weighted by Crippen LogP contribution is 2.20. The summed E-state index contributed by atoms with van der Waals surface area (Å²) >= 11 is 0. The van der Waals surface area contributed by atoms with Gasteiger partial charge in [0.05, 0.1) is 18.3 Å². The topological polar surface area (TPSA) is 50.2 Å². The smallest absolute Gasteiger partial charge is 0.234 e. The van der Waals surface area contributed by atoms with Crippen LogP contribution < -0.4 is 5.32 Å². The van der Waals surface area contributed by atoms with Crippen molar-refractivity contribution in [3.63, 3.8) is 0 Å². The van der Waals surface area contributed by atoms with Crippen LogP contribution in [0.2, 0.25) is 0 Å². The van der Waals surface area contributed by atoms with Crippen LogP contribution in [0.3, 0.4) is 0 Å². The summed E-state index contributed by atoms with van der Waals surface area (Å²) in [5.74, 6) is 0.108. The predicted octanol–water partition coefficient (Wildman–Crippen LogP) is 1.31. The second kappa shape index (κ2) is 5.74. The Morgan fingerprint density at radius 1 is 1.37 bits per heavy atom. The predicted molar refractivity (Wildman–Crippen MR) is 74.9 cm³/mol. The lowest BCUT2D eigenvalue weighted by Crippen LogP contribution is -2.37. The molecule has 19 heavy (non-hydrogen) atoms. The lowest BCUT2D eigenvalue weighted by Gasteiger charge is -2.18. The molecule has 1 aliphatic heterocycles. The third-order valence-electron chi connectivity index (χ3n) is 3.94. The first-order valence-electron chi connectivity index (χ1n) is 7.01. The maximum absolute atomic E-state index is 12.0. The third-order valence-corrected chi connectivity index (χ3v) is 3.94. The minimum atomic E-state index is 0.0174. The van der Waals surface area contributed by atoms with E-state index in [0.717, 1.165) is 30.0 Å². The molecule has 1 aromatic heterocycles. The number of amides is 1. The molecule has 2 rings (SSSR count). The van der Waals surface area contributed by atoms with E-state index >= 15 is 0 Å². The van der Waals surface area contributed by atoms with Gasteiger partial charge in [-0.25, -0.2) is 0 Å². The van der Waals surface area contributed by atoms with Crippen LogP contribution in [-0.4, -0.2) is 40.2 Å². The van der Waals surface area contributed by atoms with Crippen molar-refractivity contribution in [3.05, 3.63) is 17.0 Å². The van der Waals surface area contributed by atoms with Gasteiger partial charge >= 0.3 is 0 Å². The van der Waals surface area contributed by atoms with Gasteiger partial charge in [-0.15, -0.1) is 0 Å².